The number of hydrogen-bond acceptors (Lipinski definition) is 0. The van der Waals surface area contributed by atoms with E-state index in [9.17, 15) is 0 Å². The second kappa shape index (κ2) is 16.4. The van der Waals surface area contributed by atoms with Crippen molar-refractivity contribution in [3.63, 3.8) is 0 Å². The Morgan fingerprint density at radius 2 is 0.941 bits per heavy atom. The molecular formula is C48H58Cl2Hf. The Hall–Kier alpha value is -2.19. The van der Waals surface area contributed by atoms with E-state index >= 15 is 0 Å². The number of allylic oxidation sites excluding steroid dienone is 2. The van der Waals surface area contributed by atoms with Crippen molar-refractivity contribution >= 4 is 37.0 Å². The van der Waals surface area contributed by atoms with Gasteiger partial charge >= 0.3 is 303 Å². The fourth-order valence-electron chi connectivity index (χ4n) is 10.9. The van der Waals surface area contributed by atoms with E-state index in [2.05, 4.69) is 125 Å². The van der Waals surface area contributed by atoms with Crippen molar-refractivity contribution in [3.8, 4) is 22.3 Å². The number of hydrogen-bond donors (Lipinski definition) is 0. The van der Waals surface area contributed by atoms with Gasteiger partial charge in [0.15, 0.2) is 0 Å². The fourth-order valence-corrected chi connectivity index (χ4v) is 46.3. The van der Waals surface area contributed by atoms with Crippen LogP contribution in [0.15, 0.2) is 96.1 Å². The van der Waals surface area contributed by atoms with Crippen LogP contribution < -0.4 is 0 Å². The third kappa shape index (κ3) is 6.65. The number of fused-ring (bicyclic) bond motifs is 3. The second-order valence-electron chi connectivity index (χ2n) is 15.7. The Balaban J connectivity index is 0.00000224. The summed E-state index contributed by atoms with van der Waals surface area (Å²) in [5.41, 5.74) is 18.9. The Labute approximate surface area is 325 Å². The normalized spacial score (nSPS) is 24.0. The standard InChI is InChI=1S/2C21H23.C6H10.2ClH.Hf/c2*1-3-5-7-17-14-19-8-6-9-20(21(19)15-17)18-12-10-16(4-2)11-13-18;1-2-4-6-5-3-1;;;/h2*6,8-15H,3-5,7H2,1-2H3;1-2H,3-6H2;2*1H;. The number of halogens is 2. The average molecular weight is 884 g/mol. The molecule has 0 radical (unpaired) electrons. The predicted octanol–water partition coefficient (Wildman–Crippen LogP) is 15.3. The molecule has 0 amide bonds. The van der Waals surface area contributed by atoms with Crippen LogP contribution >= 0.6 is 24.8 Å². The summed E-state index contributed by atoms with van der Waals surface area (Å²) in [6, 6.07) is 33.9. The zero-order valence-corrected chi connectivity index (χ0v) is 36.6. The third-order valence-corrected chi connectivity index (χ3v) is 38.1. The monoisotopic (exact) mass is 884 g/mol. The maximum Gasteiger partial charge on any atom is -0.147 e. The van der Waals surface area contributed by atoms with Crippen LogP contribution in [0.4, 0.5) is 0 Å². The van der Waals surface area contributed by atoms with E-state index < -0.39 is 20.0 Å². The molecule has 51 heavy (non-hydrogen) atoms. The van der Waals surface area contributed by atoms with E-state index in [1.807, 2.05) is 11.1 Å². The number of aryl methyl sites for hydroxylation is 2. The summed E-state index contributed by atoms with van der Waals surface area (Å²) < 4.78 is 3.52. The van der Waals surface area contributed by atoms with Gasteiger partial charge in [0, 0.05) is 0 Å². The van der Waals surface area contributed by atoms with Crippen molar-refractivity contribution in [1.82, 2.24) is 0 Å². The molecule has 268 valence electrons. The van der Waals surface area contributed by atoms with Gasteiger partial charge in [-0.2, -0.15) is 0 Å². The van der Waals surface area contributed by atoms with Crippen molar-refractivity contribution in [2.24, 2.45) is 0 Å². The third-order valence-electron chi connectivity index (χ3n) is 13.2. The van der Waals surface area contributed by atoms with Crippen LogP contribution in [0.1, 0.15) is 133 Å². The Morgan fingerprint density at radius 3 is 1.31 bits per heavy atom. The van der Waals surface area contributed by atoms with Gasteiger partial charge in [-0.05, 0) is 0 Å². The number of benzene rings is 4. The van der Waals surface area contributed by atoms with Gasteiger partial charge in [-0.3, -0.25) is 0 Å². The predicted molar refractivity (Wildman–Crippen MR) is 223 cm³/mol. The van der Waals surface area contributed by atoms with Gasteiger partial charge in [0.05, 0.1) is 0 Å². The van der Waals surface area contributed by atoms with Gasteiger partial charge in [0.1, 0.15) is 0 Å². The fraction of sp³-hybridized carbons (Fsp3) is 0.417. The van der Waals surface area contributed by atoms with E-state index in [0.29, 0.717) is 0 Å². The summed E-state index contributed by atoms with van der Waals surface area (Å²) in [6.45, 7) is 9.31. The molecule has 1 saturated heterocycles. The first-order valence-corrected chi connectivity index (χ1v) is 28.3. The maximum atomic E-state index is 2.75. The summed E-state index contributed by atoms with van der Waals surface area (Å²) in [4.78, 5) is 0. The van der Waals surface area contributed by atoms with Crippen molar-refractivity contribution in [2.75, 3.05) is 0 Å². The summed E-state index contributed by atoms with van der Waals surface area (Å²) >= 11 is -3.24. The van der Waals surface area contributed by atoms with Crippen molar-refractivity contribution < 1.29 is 20.0 Å². The van der Waals surface area contributed by atoms with E-state index in [0.717, 1.165) is 27.5 Å². The minimum absolute atomic E-state index is 0. The molecule has 4 atom stereocenters. The molecular weight excluding hydrogens is 826 g/mol. The topological polar surface area (TPSA) is 0 Å². The molecule has 4 unspecified atom stereocenters. The van der Waals surface area contributed by atoms with E-state index in [4.69, 9.17) is 0 Å². The molecule has 2 fully saturated rings. The van der Waals surface area contributed by atoms with Gasteiger partial charge in [-0.25, -0.2) is 0 Å². The number of unbranched alkanes of at least 4 members (excludes halogenated alkanes) is 2. The summed E-state index contributed by atoms with van der Waals surface area (Å²) in [5.74, 6) is 0. The molecule has 8 rings (SSSR count). The zero-order valence-electron chi connectivity index (χ0n) is 31.3. The summed E-state index contributed by atoms with van der Waals surface area (Å²) in [7, 11) is 0. The molecule has 0 bridgehead atoms. The van der Waals surface area contributed by atoms with Crippen LogP contribution in [0.5, 0.6) is 0 Å². The first kappa shape index (κ1) is 38.5. The van der Waals surface area contributed by atoms with Crippen LogP contribution in [0, 0.1) is 0 Å². The quantitative estimate of drug-likeness (QED) is 0.124. The van der Waals surface area contributed by atoms with E-state index in [1.165, 1.54) is 97.6 Å². The minimum Gasteiger partial charge on any atom is -0.147 e. The molecule has 3 aliphatic carbocycles. The van der Waals surface area contributed by atoms with Gasteiger partial charge in [0.2, 0.25) is 0 Å². The van der Waals surface area contributed by atoms with E-state index in [1.54, 1.807) is 22.3 Å². The molecule has 0 nitrogen and oxygen atoms in total. The molecule has 4 aromatic carbocycles. The Bertz CT molecular complexity index is 1740. The average Bonchev–Trinajstić information content (AvgIpc) is 3.43. The Morgan fingerprint density at radius 1 is 0.529 bits per heavy atom. The van der Waals surface area contributed by atoms with Crippen LogP contribution in [0.25, 0.3) is 34.4 Å². The van der Waals surface area contributed by atoms with Crippen LogP contribution in [-0.2, 0) is 32.8 Å². The van der Waals surface area contributed by atoms with Crippen molar-refractivity contribution in [3.05, 3.63) is 129 Å². The molecule has 0 spiro atoms. The smallest absolute Gasteiger partial charge is 0.147 e. The van der Waals surface area contributed by atoms with E-state index in [-0.39, 0.29) is 24.8 Å². The molecule has 1 heterocycles. The molecule has 3 heteroatoms. The first-order valence-electron chi connectivity index (χ1n) is 20.0. The van der Waals surface area contributed by atoms with Crippen molar-refractivity contribution in [1.29, 1.82) is 0 Å². The van der Waals surface area contributed by atoms with Crippen LogP contribution in [0.3, 0.4) is 0 Å². The molecule has 4 aromatic rings. The SMILES string of the molecule is CCCCC1=Cc2c(-c3ccc(CC)cc3)cccc2[CH]1[Hf]1([CH]2C(CCCC)=Cc3c(-c4ccc(CC)cc4)cccc32)[CH]2CCCC[CH]21.Cl.Cl. The van der Waals surface area contributed by atoms with Crippen LogP contribution in [-0.4, -0.2) is 0 Å². The largest absolute Gasteiger partial charge is 0.147 e. The molecule has 1 aliphatic heterocycles. The molecule has 0 aromatic heterocycles. The summed E-state index contributed by atoms with van der Waals surface area (Å²) in [5, 5.41) is 0. The van der Waals surface area contributed by atoms with Crippen molar-refractivity contribution in [2.45, 2.75) is 119 Å². The van der Waals surface area contributed by atoms with Gasteiger partial charge in [-0.1, -0.05) is 0 Å². The van der Waals surface area contributed by atoms with Crippen LogP contribution in [0.2, 0.25) is 7.35 Å². The minimum atomic E-state index is -3.24. The molecule has 0 N–H and O–H groups in total. The summed E-state index contributed by atoms with van der Waals surface area (Å²) in [6.07, 6.45) is 21.3. The second-order valence-corrected chi connectivity index (χ2v) is 32.4. The van der Waals surface area contributed by atoms with Gasteiger partial charge in [0.25, 0.3) is 0 Å². The molecule has 1 saturated carbocycles. The maximum absolute atomic E-state index is 3.24. The zero-order chi connectivity index (χ0) is 33.5. The van der Waals surface area contributed by atoms with Gasteiger partial charge < -0.3 is 0 Å². The first-order chi connectivity index (χ1) is 24.1. The number of rotatable bonds is 12. The van der Waals surface area contributed by atoms with Gasteiger partial charge in [-0.15, -0.1) is 24.8 Å². The Kier molecular flexibility index (Phi) is 12.4. The molecule has 4 aliphatic rings.